The summed E-state index contributed by atoms with van der Waals surface area (Å²) in [4.78, 5) is 33.5. The summed E-state index contributed by atoms with van der Waals surface area (Å²) in [5, 5.41) is 1.60. The molecule has 0 amide bonds. The van der Waals surface area contributed by atoms with Crippen LogP contribution in [0.1, 0.15) is 23.7 Å². The highest BCUT2D eigenvalue weighted by molar-refractivity contribution is 5.99. The van der Waals surface area contributed by atoms with Crippen LogP contribution < -0.4 is 9.47 Å². The first-order chi connectivity index (χ1) is 14.6. The molecule has 3 rings (SSSR count). The van der Waals surface area contributed by atoms with Crippen LogP contribution in [0.15, 0.2) is 18.2 Å². The molecule has 0 aliphatic carbocycles. The predicted octanol–water partition coefficient (Wildman–Crippen LogP) is 1.16. The van der Waals surface area contributed by atoms with E-state index in [9.17, 15) is 9.59 Å². The number of ketones is 1. The molecular formula is C21H30N2O7. The molecule has 1 atom stereocenters. The number of benzene rings is 1. The Bertz CT molecular complexity index is 715. The van der Waals surface area contributed by atoms with E-state index in [0.29, 0.717) is 76.3 Å². The molecule has 166 valence electrons. The summed E-state index contributed by atoms with van der Waals surface area (Å²) in [6.07, 6.45) is 0.0142. The molecule has 1 aromatic carbocycles. The van der Waals surface area contributed by atoms with Gasteiger partial charge in [-0.05, 0) is 25.1 Å². The maximum atomic E-state index is 13.0. The molecule has 2 fully saturated rings. The first-order valence-corrected chi connectivity index (χ1v) is 10.3. The van der Waals surface area contributed by atoms with Crippen LogP contribution in [0.4, 0.5) is 0 Å². The number of hydrogen-bond acceptors (Lipinski definition) is 9. The third kappa shape index (κ3) is 5.91. The zero-order chi connectivity index (χ0) is 21.3. The SMILES string of the molecule is CCOc1ccc(C(=O)CC(C(=O)ON2CCOCC2)N2CCOCC2)cc1OC. The minimum Gasteiger partial charge on any atom is -0.493 e. The largest absolute Gasteiger partial charge is 0.493 e. The molecule has 0 bridgehead atoms. The van der Waals surface area contributed by atoms with Gasteiger partial charge in [0, 0.05) is 25.1 Å². The number of carbonyl (C=O) groups excluding carboxylic acids is 2. The number of rotatable bonds is 9. The van der Waals surface area contributed by atoms with E-state index in [2.05, 4.69) is 0 Å². The number of methoxy groups -OCH3 is 1. The summed E-state index contributed by atoms with van der Waals surface area (Å²) >= 11 is 0. The summed E-state index contributed by atoms with van der Waals surface area (Å²) < 4.78 is 21.5. The number of hydroxylamine groups is 2. The van der Waals surface area contributed by atoms with Crippen molar-refractivity contribution in [1.29, 1.82) is 0 Å². The van der Waals surface area contributed by atoms with Crippen molar-refractivity contribution in [2.45, 2.75) is 19.4 Å². The molecule has 2 heterocycles. The monoisotopic (exact) mass is 422 g/mol. The molecule has 0 aromatic heterocycles. The van der Waals surface area contributed by atoms with E-state index in [4.69, 9.17) is 23.8 Å². The fraction of sp³-hybridized carbons (Fsp3) is 0.619. The van der Waals surface area contributed by atoms with E-state index in [0.717, 1.165) is 0 Å². The lowest BCUT2D eigenvalue weighted by atomic mass is 10.0. The average Bonchev–Trinajstić information content (AvgIpc) is 2.79. The number of ether oxygens (including phenoxy) is 4. The minimum atomic E-state index is -0.679. The molecule has 0 N–H and O–H groups in total. The number of Topliss-reactive ketones (excluding diaryl/α,β-unsaturated/α-hetero) is 1. The lowest BCUT2D eigenvalue weighted by molar-refractivity contribution is -0.211. The van der Waals surface area contributed by atoms with Crippen LogP contribution in [-0.2, 0) is 19.1 Å². The van der Waals surface area contributed by atoms with Gasteiger partial charge in [0.15, 0.2) is 17.3 Å². The summed E-state index contributed by atoms with van der Waals surface area (Å²) in [5.41, 5.74) is 0.465. The Kier molecular flexibility index (Phi) is 8.44. The number of carbonyl (C=O) groups is 2. The smallest absolute Gasteiger partial charge is 0.342 e. The third-order valence-corrected chi connectivity index (χ3v) is 5.11. The molecule has 1 unspecified atom stereocenters. The molecule has 0 spiro atoms. The van der Waals surface area contributed by atoms with E-state index >= 15 is 0 Å². The summed E-state index contributed by atoms with van der Waals surface area (Å²) in [6.45, 7) is 6.63. The van der Waals surface area contributed by atoms with Gasteiger partial charge in [-0.15, -0.1) is 5.06 Å². The van der Waals surface area contributed by atoms with Gasteiger partial charge in [0.2, 0.25) is 0 Å². The van der Waals surface area contributed by atoms with Gasteiger partial charge in [-0.2, -0.15) is 0 Å². The Hall–Kier alpha value is -2.20. The van der Waals surface area contributed by atoms with Gasteiger partial charge in [0.25, 0.3) is 0 Å². The van der Waals surface area contributed by atoms with Crippen molar-refractivity contribution in [2.24, 2.45) is 0 Å². The molecule has 2 saturated heterocycles. The Morgan fingerprint density at radius 1 is 1.03 bits per heavy atom. The fourth-order valence-corrected chi connectivity index (χ4v) is 3.49. The van der Waals surface area contributed by atoms with Gasteiger partial charge >= 0.3 is 5.97 Å². The van der Waals surface area contributed by atoms with Crippen molar-refractivity contribution in [3.63, 3.8) is 0 Å². The summed E-state index contributed by atoms with van der Waals surface area (Å²) in [5.74, 6) is 0.478. The summed E-state index contributed by atoms with van der Waals surface area (Å²) in [7, 11) is 1.53. The molecule has 0 radical (unpaired) electrons. The van der Waals surface area contributed by atoms with Gasteiger partial charge in [-0.25, -0.2) is 4.79 Å². The van der Waals surface area contributed by atoms with Crippen LogP contribution >= 0.6 is 0 Å². The van der Waals surface area contributed by atoms with E-state index in [1.165, 1.54) is 7.11 Å². The molecule has 1 aromatic rings. The molecule has 0 saturated carbocycles. The van der Waals surface area contributed by atoms with Gasteiger partial charge in [0.05, 0.1) is 53.2 Å². The second-order valence-corrected chi connectivity index (χ2v) is 7.04. The fourth-order valence-electron chi connectivity index (χ4n) is 3.49. The van der Waals surface area contributed by atoms with E-state index < -0.39 is 12.0 Å². The maximum absolute atomic E-state index is 13.0. The topological polar surface area (TPSA) is 86.8 Å². The van der Waals surface area contributed by atoms with Crippen LogP contribution in [-0.4, -0.2) is 94.1 Å². The van der Waals surface area contributed by atoms with Crippen molar-refractivity contribution >= 4 is 11.8 Å². The average molecular weight is 422 g/mol. The molecule has 2 aliphatic heterocycles. The number of hydrogen-bond donors (Lipinski definition) is 0. The maximum Gasteiger partial charge on any atom is 0.342 e. The minimum absolute atomic E-state index is 0.0142. The highest BCUT2D eigenvalue weighted by atomic mass is 16.7. The van der Waals surface area contributed by atoms with Gasteiger partial charge in [0.1, 0.15) is 6.04 Å². The lowest BCUT2D eigenvalue weighted by Gasteiger charge is -2.34. The third-order valence-electron chi connectivity index (χ3n) is 5.11. The standard InChI is InChI=1S/C21H30N2O7/c1-3-29-19-5-4-16(14-20(19)26-2)18(24)15-17(22-6-10-27-11-7-22)21(25)30-23-8-12-28-13-9-23/h4-5,14,17H,3,6-13,15H2,1-2H3. The van der Waals surface area contributed by atoms with Gasteiger partial charge < -0.3 is 23.8 Å². The van der Waals surface area contributed by atoms with Gasteiger partial charge in [-0.1, -0.05) is 0 Å². The quantitative estimate of drug-likeness (QED) is 0.544. The summed E-state index contributed by atoms with van der Waals surface area (Å²) in [6, 6.07) is 4.38. The Morgan fingerprint density at radius 3 is 2.33 bits per heavy atom. The molecule has 9 heteroatoms. The Labute approximate surface area is 176 Å². The van der Waals surface area contributed by atoms with E-state index in [1.807, 2.05) is 11.8 Å². The van der Waals surface area contributed by atoms with Crippen molar-refractivity contribution in [3.8, 4) is 11.5 Å². The zero-order valence-electron chi connectivity index (χ0n) is 17.6. The first-order valence-electron chi connectivity index (χ1n) is 10.3. The molecule has 2 aliphatic rings. The van der Waals surface area contributed by atoms with Gasteiger partial charge in [-0.3, -0.25) is 9.69 Å². The Morgan fingerprint density at radius 2 is 1.70 bits per heavy atom. The second-order valence-electron chi connectivity index (χ2n) is 7.04. The lowest BCUT2D eigenvalue weighted by Crippen LogP contribution is -2.51. The predicted molar refractivity (Wildman–Crippen MR) is 108 cm³/mol. The molecule has 9 nitrogen and oxygen atoms in total. The highest BCUT2D eigenvalue weighted by Gasteiger charge is 2.33. The van der Waals surface area contributed by atoms with E-state index in [-0.39, 0.29) is 12.2 Å². The van der Waals surface area contributed by atoms with E-state index in [1.54, 1.807) is 23.3 Å². The van der Waals surface area contributed by atoms with Crippen LogP contribution in [0.25, 0.3) is 0 Å². The second kappa shape index (κ2) is 11.3. The molecular weight excluding hydrogens is 392 g/mol. The Balaban J connectivity index is 1.72. The molecule has 30 heavy (non-hydrogen) atoms. The number of morpholine rings is 2. The van der Waals surface area contributed by atoms with Crippen LogP contribution in [0.3, 0.4) is 0 Å². The van der Waals surface area contributed by atoms with Crippen molar-refractivity contribution in [1.82, 2.24) is 9.96 Å². The van der Waals surface area contributed by atoms with Crippen LogP contribution in [0, 0.1) is 0 Å². The van der Waals surface area contributed by atoms with Crippen molar-refractivity contribution in [2.75, 3.05) is 66.3 Å². The first kappa shape index (κ1) is 22.5. The van der Waals surface area contributed by atoms with Crippen LogP contribution in [0.2, 0.25) is 0 Å². The van der Waals surface area contributed by atoms with Crippen molar-refractivity contribution < 1.29 is 33.4 Å². The normalized spacial score (nSPS) is 19.1. The number of nitrogens with zero attached hydrogens (tertiary/aromatic N) is 2. The van der Waals surface area contributed by atoms with Crippen molar-refractivity contribution in [3.05, 3.63) is 23.8 Å². The highest BCUT2D eigenvalue weighted by Crippen LogP contribution is 2.29. The van der Waals surface area contributed by atoms with Crippen LogP contribution in [0.5, 0.6) is 11.5 Å². The zero-order valence-corrected chi connectivity index (χ0v) is 17.6.